The number of rotatable bonds is 5. The van der Waals surface area contributed by atoms with Crippen molar-refractivity contribution in [3.63, 3.8) is 0 Å². The molecule has 25 heavy (non-hydrogen) atoms. The second kappa shape index (κ2) is 7.30. The number of hydrogen-bond acceptors (Lipinski definition) is 3. The number of aromatic amines is 1. The molecule has 1 aromatic heterocycles. The molecule has 1 aliphatic carbocycles. The third-order valence-corrected chi connectivity index (χ3v) is 4.61. The van der Waals surface area contributed by atoms with Crippen molar-refractivity contribution in [1.82, 2.24) is 15.5 Å². The Bertz CT molecular complexity index is 725. The monoisotopic (exact) mass is 341 g/mol. The molecule has 1 aromatic carbocycles. The fourth-order valence-corrected chi connectivity index (χ4v) is 3.28. The average molecular weight is 341 g/mol. The fraction of sp³-hybridized carbons (Fsp3) is 0.500. The van der Waals surface area contributed by atoms with Crippen molar-refractivity contribution in [2.45, 2.75) is 64.5 Å². The van der Waals surface area contributed by atoms with Gasteiger partial charge in [0.05, 0.1) is 12.3 Å². The van der Waals surface area contributed by atoms with Crippen LogP contribution in [0.25, 0.3) is 0 Å². The van der Waals surface area contributed by atoms with Crippen molar-refractivity contribution in [3.05, 3.63) is 47.3 Å². The van der Waals surface area contributed by atoms with E-state index in [-0.39, 0.29) is 11.3 Å². The molecule has 3 rings (SSSR count). The van der Waals surface area contributed by atoms with Crippen LogP contribution in [-0.2, 0) is 12.0 Å². The second-order valence-corrected chi connectivity index (χ2v) is 7.76. The number of hydrogen-bond donors (Lipinski definition) is 2. The van der Waals surface area contributed by atoms with E-state index in [0.717, 1.165) is 29.8 Å². The van der Waals surface area contributed by atoms with Gasteiger partial charge in [0.1, 0.15) is 5.75 Å². The Morgan fingerprint density at radius 2 is 2.08 bits per heavy atom. The van der Waals surface area contributed by atoms with Gasteiger partial charge in [0.15, 0.2) is 0 Å². The van der Waals surface area contributed by atoms with Gasteiger partial charge in [-0.1, -0.05) is 26.8 Å². The van der Waals surface area contributed by atoms with Gasteiger partial charge in [-0.05, 0) is 43.9 Å². The van der Waals surface area contributed by atoms with Crippen molar-refractivity contribution in [1.29, 1.82) is 0 Å². The topological polar surface area (TPSA) is 67.0 Å². The van der Waals surface area contributed by atoms with E-state index in [1.165, 1.54) is 12.8 Å². The Kier molecular flexibility index (Phi) is 5.11. The van der Waals surface area contributed by atoms with Crippen LogP contribution in [0.2, 0.25) is 0 Å². The highest BCUT2D eigenvalue weighted by molar-refractivity contribution is 5.94. The van der Waals surface area contributed by atoms with Crippen LogP contribution in [0.4, 0.5) is 0 Å². The van der Waals surface area contributed by atoms with E-state index in [1.807, 2.05) is 24.3 Å². The quantitative estimate of drug-likeness (QED) is 0.865. The summed E-state index contributed by atoms with van der Waals surface area (Å²) in [6, 6.07) is 7.44. The zero-order chi connectivity index (χ0) is 17.9. The summed E-state index contributed by atoms with van der Waals surface area (Å²) in [7, 11) is 0. The number of carbonyl (C=O) groups excluding carboxylic acids is 1. The number of benzene rings is 1. The maximum absolute atomic E-state index is 12.5. The Labute approximate surface area is 149 Å². The maximum atomic E-state index is 12.5. The number of H-pyrrole nitrogens is 1. The summed E-state index contributed by atoms with van der Waals surface area (Å²) < 4.78 is 5.99. The van der Waals surface area contributed by atoms with Crippen molar-refractivity contribution in [2.75, 3.05) is 0 Å². The third-order valence-electron chi connectivity index (χ3n) is 4.61. The Balaban J connectivity index is 1.62. The lowest BCUT2D eigenvalue weighted by atomic mass is 9.89. The molecule has 5 heteroatoms. The molecule has 0 aliphatic heterocycles. The number of nitrogens with one attached hydrogen (secondary N) is 2. The summed E-state index contributed by atoms with van der Waals surface area (Å²) in [5, 5.41) is 10.1. The van der Waals surface area contributed by atoms with Gasteiger partial charge < -0.3 is 10.1 Å². The van der Waals surface area contributed by atoms with E-state index in [0.29, 0.717) is 18.2 Å². The molecule has 0 bridgehead atoms. The SMILES string of the molecule is CC(C)(C)c1[nH]ncc1CNC(=O)c1cccc(OC2CCCC2)c1. The number of aromatic nitrogens is 2. The molecule has 1 fully saturated rings. The van der Waals surface area contributed by atoms with Crippen LogP contribution in [0.15, 0.2) is 30.5 Å². The Morgan fingerprint density at radius 3 is 2.80 bits per heavy atom. The van der Waals surface area contributed by atoms with Crippen molar-refractivity contribution in [3.8, 4) is 5.75 Å². The van der Waals surface area contributed by atoms with Crippen LogP contribution in [0.5, 0.6) is 5.75 Å². The van der Waals surface area contributed by atoms with Crippen LogP contribution in [-0.4, -0.2) is 22.2 Å². The van der Waals surface area contributed by atoms with E-state index >= 15 is 0 Å². The predicted octanol–water partition coefficient (Wildman–Crippen LogP) is 3.96. The summed E-state index contributed by atoms with van der Waals surface area (Å²) in [4.78, 5) is 12.5. The lowest BCUT2D eigenvalue weighted by Crippen LogP contribution is -2.25. The molecule has 2 aromatic rings. The third kappa shape index (κ3) is 4.41. The van der Waals surface area contributed by atoms with E-state index in [2.05, 4.69) is 36.3 Å². The predicted molar refractivity (Wildman–Crippen MR) is 97.8 cm³/mol. The minimum Gasteiger partial charge on any atom is -0.490 e. The molecule has 0 unspecified atom stereocenters. The van der Waals surface area contributed by atoms with Gasteiger partial charge in [0.25, 0.3) is 5.91 Å². The summed E-state index contributed by atoms with van der Waals surface area (Å²) in [5.41, 5.74) is 2.65. The first kappa shape index (κ1) is 17.5. The van der Waals surface area contributed by atoms with Gasteiger partial charge in [-0.3, -0.25) is 9.89 Å². The lowest BCUT2D eigenvalue weighted by molar-refractivity contribution is 0.0950. The van der Waals surface area contributed by atoms with Crippen molar-refractivity contribution in [2.24, 2.45) is 0 Å². The standard InChI is InChI=1S/C20H27N3O2/c1-20(2,3)18-15(13-22-23-18)12-21-19(24)14-7-6-10-17(11-14)25-16-8-4-5-9-16/h6-7,10-11,13,16H,4-5,8-9,12H2,1-3H3,(H,21,24)(H,22,23). The van der Waals surface area contributed by atoms with E-state index in [4.69, 9.17) is 4.74 Å². The molecule has 0 radical (unpaired) electrons. The first-order valence-electron chi connectivity index (χ1n) is 9.01. The highest BCUT2D eigenvalue weighted by atomic mass is 16.5. The van der Waals surface area contributed by atoms with Gasteiger partial charge in [-0.25, -0.2) is 0 Å². The van der Waals surface area contributed by atoms with Gasteiger partial charge >= 0.3 is 0 Å². The molecule has 134 valence electrons. The lowest BCUT2D eigenvalue weighted by Gasteiger charge is -2.18. The van der Waals surface area contributed by atoms with Crippen LogP contribution in [0.3, 0.4) is 0 Å². The molecule has 1 heterocycles. The zero-order valence-corrected chi connectivity index (χ0v) is 15.3. The number of amides is 1. The van der Waals surface area contributed by atoms with Crippen molar-refractivity contribution < 1.29 is 9.53 Å². The number of carbonyl (C=O) groups is 1. The smallest absolute Gasteiger partial charge is 0.251 e. The van der Waals surface area contributed by atoms with Gasteiger partial charge in [-0.15, -0.1) is 0 Å². The van der Waals surface area contributed by atoms with Crippen LogP contribution < -0.4 is 10.1 Å². The largest absolute Gasteiger partial charge is 0.490 e. The van der Waals surface area contributed by atoms with E-state index in [9.17, 15) is 4.79 Å². The van der Waals surface area contributed by atoms with Crippen LogP contribution >= 0.6 is 0 Å². The van der Waals surface area contributed by atoms with E-state index < -0.39 is 0 Å². The molecule has 0 spiro atoms. The normalized spacial score (nSPS) is 15.3. The highest BCUT2D eigenvalue weighted by Crippen LogP contribution is 2.25. The molecular weight excluding hydrogens is 314 g/mol. The van der Waals surface area contributed by atoms with E-state index in [1.54, 1.807) is 6.20 Å². The molecule has 1 saturated carbocycles. The Morgan fingerprint density at radius 1 is 1.32 bits per heavy atom. The van der Waals surface area contributed by atoms with Crippen LogP contribution in [0, 0.1) is 0 Å². The van der Waals surface area contributed by atoms with Gasteiger partial charge in [0.2, 0.25) is 0 Å². The summed E-state index contributed by atoms with van der Waals surface area (Å²) >= 11 is 0. The molecule has 1 aliphatic rings. The summed E-state index contributed by atoms with van der Waals surface area (Å²) in [6.45, 7) is 6.82. The minimum atomic E-state index is -0.0991. The molecule has 0 saturated heterocycles. The highest BCUT2D eigenvalue weighted by Gasteiger charge is 2.20. The van der Waals surface area contributed by atoms with Crippen molar-refractivity contribution >= 4 is 5.91 Å². The molecule has 1 amide bonds. The van der Waals surface area contributed by atoms with Crippen LogP contribution in [0.1, 0.15) is 68.1 Å². The summed E-state index contributed by atoms with van der Waals surface area (Å²) in [6.07, 6.45) is 6.73. The minimum absolute atomic E-state index is 0.0361. The van der Waals surface area contributed by atoms with Gasteiger partial charge in [-0.2, -0.15) is 5.10 Å². The number of nitrogens with zero attached hydrogens (tertiary/aromatic N) is 1. The second-order valence-electron chi connectivity index (χ2n) is 7.76. The zero-order valence-electron chi connectivity index (χ0n) is 15.3. The average Bonchev–Trinajstić information content (AvgIpc) is 3.23. The molecule has 0 atom stereocenters. The number of ether oxygens (including phenoxy) is 1. The first-order chi connectivity index (χ1) is 11.9. The molecule has 2 N–H and O–H groups in total. The first-order valence-corrected chi connectivity index (χ1v) is 9.01. The van der Waals surface area contributed by atoms with Gasteiger partial charge in [0, 0.05) is 28.8 Å². The molecule has 5 nitrogen and oxygen atoms in total. The summed E-state index contributed by atoms with van der Waals surface area (Å²) in [5.74, 6) is 0.677. The maximum Gasteiger partial charge on any atom is 0.251 e. The molecular formula is C20H27N3O2. The Hall–Kier alpha value is -2.30. The fourth-order valence-electron chi connectivity index (χ4n) is 3.28.